The first kappa shape index (κ1) is 13.1. The third kappa shape index (κ3) is 2.09. The molecule has 8 heteroatoms. The normalized spacial score (nSPS) is 11.1. The Morgan fingerprint density at radius 1 is 1.14 bits per heavy atom. The van der Waals surface area contributed by atoms with Crippen LogP contribution in [0.4, 0.5) is 0 Å². The van der Waals surface area contributed by atoms with Gasteiger partial charge in [0.15, 0.2) is 5.69 Å². The fourth-order valence-corrected chi connectivity index (χ4v) is 3.57. The topological polar surface area (TPSA) is 80.4 Å². The number of thiophene rings is 1. The molecule has 6 nitrogen and oxygen atoms in total. The van der Waals surface area contributed by atoms with Crippen molar-refractivity contribution in [3.63, 3.8) is 0 Å². The van der Waals surface area contributed by atoms with Crippen LogP contribution in [0.2, 0.25) is 0 Å². The molecule has 3 heterocycles. The molecule has 0 aliphatic carbocycles. The average Bonchev–Trinajstić information content (AvgIpc) is 3.17. The van der Waals surface area contributed by atoms with Crippen LogP contribution < -0.4 is 5.56 Å². The van der Waals surface area contributed by atoms with Crippen LogP contribution in [-0.2, 0) is 0 Å². The van der Waals surface area contributed by atoms with Crippen molar-refractivity contribution in [2.24, 2.45) is 0 Å². The Labute approximate surface area is 132 Å². The highest BCUT2D eigenvalue weighted by molar-refractivity contribution is 7.19. The molecule has 0 saturated heterocycles. The molecule has 4 aromatic rings. The molecule has 0 saturated carbocycles. The van der Waals surface area contributed by atoms with E-state index in [-0.39, 0.29) is 11.3 Å². The molecule has 3 aromatic heterocycles. The smallest absolute Gasteiger partial charge is 0.302 e. The second-order valence-electron chi connectivity index (χ2n) is 4.48. The number of fused-ring (bicyclic) bond motifs is 1. The molecular weight excluding hydrogens is 320 g/mol. The molecule has 22 heavy (non-hydrogen) atoms. The lowest BCUT2D eigenvalue weighted by Gasteiger charge is -1.95. The first-order valence-corrected chi connectivity index (χ1v) is 8.02. The number of aromatic hydroxyl groups is 1. The van der Waals surface area contributed by atoms with Gasteiger partial charge in [-0.15, -0.1) is 21.5 Å². The van der Waals surface area contributed by atoms with Crippen molar-refractivity contribution < 1.29 is 5.11 Å². The van der Waals surface area contributed by atoms with Crippen molar-refractivity contribution in [3.05, 3.63) is 52.1 Å². The van der Waals surface area contributed by atoms with Gasteiger partial charge in [0, 0.05) is 5.56 Å². The SMILES string of the molecule is O=c1c(-c2cccs2)nnc2sc(-c3cccc(O)c3)nn12. The number of rotatable bonds is 2. The Kier molecular flexibility index (Phi) is 2.98. The van der Waals surface area contributed by atoms with Crippen molar-refractivity contribution in [1.82, 2.24) is 19.8 Å². The van der Waals surface area contributed by atoms with E-state index in [1.807, 2.05) is 23.6 Å². The summed E-state index contributed by atoms with van der Waals surface area (Å²) in [5.41, 5.74) is 0.725. The lowest BCUT2D eigenvalue weighted by molar-refractivity contribution is 0.475. The van der Waals surface area contributed by atoms with Crippen molar-refractivity contribution in [2.45, 2.75) is 0 Å². The fraction of sp³-hybridized carbons (Fsp3) is 0. The number of phenols is 1. The zero-order chi connectivity index (χ0) is 15.1. The van der Waals surface area contributed by atoms with Gasteiger partial charge in [0.05, 0.1) is 4.88 Å². The third-order valence-corrected chi connectivity index (χ3v) is 4.86. The van der Waals surface area contributed by atoms with E-state index < -0.39 is 0 Å². The molecule has 0 aliphatic rings. The van der Waals surface area contributed by atoms with Gasteiger partial charge in [0.1, 0.15) is 10.8 Å². The summed E-state index contributed by atoms with van der Waals surface area (Å²) in [7, 11) is 0. The van der Waals surface area contributed by atoms with Gasteiger partial charge in [-0.25, -0.2) is 0 Å². The van der Waals surface area contributed by atoms with Crippen molar-refractivity contribution in [2.75, 3.05) is 0 Å². The Morgan fingerprint density at radius 2 is 2.05 bits per heavy atom. The largest absolute Gasteiger partial charge is 0.508 e. The summed E-state index contributed by atoms with van der Waals surface area (Å²) >= 11 is 2.68. The lowest BCUT2D eigenvalue weighted by Crippen LogP contribution is -2.18. The summed E-state index contributed by atoms with van der Waals surface area (Å²) in [5, 5.41) is 24.4. The summed E-state index contributed by atoms with van der Waals surface area (Å²) in [5.74, 6) is 0.148. The molecule has 0 fully saturated rings. The zero-order valence-electron chi connectivity index (χ0n) is 11.0. The summed E-state index contributed by atoms with van der Waals surface area (Å²) in [6.45, 7) is 0. The van der Waals surface area contributed by atoms with Crippen molar-refractivity contribution >= 4 is 27.6 Å². The maximum Gasteiger partial charge on any atom is 0.302 e. The quantitative estimate of drug-likeness (QED) is 0.612. The van der Waals surface area contributed by atoms with Crippen LogP contribution in [0.3, 0.4) is 0 Å². The Morgan fingerprint density at radius 3 is 2.82 bits per heavy atom. The highest BCUT2D eigenvalue weighted by Crippen LogP contribution is 2.27. The van der Waals surface area contributed by atoms with Gasteiger partial charge in [0.2, 0.25) is 4.96 Å². The van der Waals surface area contributed by atoms with Crippen LogP contribution in [0.1, 0.15) is 0 Å². The second kappa shape index (κ2) is 5.00. The molecule has 0 amide bonds. The number of nitrogens with zero attached hydrogens (tertiary/aromatic N) is 4. The molecule has 0 aliphatic heterocycles. The van der Waals surface area contributed by atoms with E-state index in [4.69, 9.17) is 0 Å². The lowest BCUT2D eigenvalue weighted by atomic mass is 10.2. The van der Waals surface area contributed by atoms with Gasteiger partial charge in [-0.2, -0.15) is 9.61 Å². The van der Waals surface area contributed by atoms with Gasteiger partial charge in [-0.05, 0) is 23.6 Å². The van der Waals surface area contributed by atoms with E-state index in [0.717, 1.165) is 10.4 Å². The number of hydrogen-bond acceptors (Lipinski definition) is 7. The predicted octanol–water partition coefficient (Wildman–Crippen LogP) is 2.65. The van der Waals surface area contributed by atoms with E-state index in [0.29, 0.717) is 15.7 Å². The maximum atomic E-state index is 12.5. The van der Waals surface area contributed by atoms with Crippen LogP contribution in [0, 0.1) is 0 Å². The van der Waals surface area contributed by atoms with Gasteiger partial charge in [0.25, 0.3) is 0 Å². The number of aromatic nitrogens is 4. The van der Waals surface area contributed by atoms with Crippen LogP contribution in [0.15, 0.2) is 46.6 Å². The Bertz CT molecular complexity index is 1020. The zero-order valence-corrected chi connectivity index (χ0v) is 12.6. The molecule has 0 spiro atoms. The minimum absolute atomic E-state index is 0.148. The second-order valence-corrected chi connectivity index (χ2v) is 6.39. The van der Waals surface area contributed by atoms with E-state index in [1.165, 1.54) is 27.2 Å². The van der Waals surface area contributed by atoms with E-state index in [2.05, 4.69) is 15.3 Å². The van der Waals surface area contributed by atoms with E-state index in [9.17, 15) is 9.90 Å². The Balaban J connectivity index is 1.92. The molecule has 0 unspecified atom stereocenters. The summed E-state index contributed by atoms with van der Waals surface area (Å²) < 4.78 is 1.26. The van der Waals surface area contributed by atoms with Crippen molar-refractivity contribution in [1.29, 1.82) is 0 Å². The maximum absolute atomic E-state index is 12.5. The monoisotopic (exact) mass is 328 g/mol. The first-order chi connectivity index (χ1) is 10.7. The van der Waals surface area contributed by atoms with E-state index >= 15 is 0 Å². The highest BCUT2D eigenvalue weighted by Gasteiger charge is 2.15. The van der Waals surface area contributed by atoms with Crippen LogP contribution >= 0.6 is 22.7 Å². The molecule has 0 atom stereocenters. The molecular formula is C14H8N4O2S2. The summed E-state index contributed by atoms with van der Waals surface area (Å²) in [6, 6.07) is 10.4. The number of phenolic OH excluding ortho intramolecular Hbond substituents is 1. The average molecular weight is 328 g/mol. The number of hydrogen-bond donors (Lipinski definition) is 1. The molecule has 0 radical (unpaired) electrons. The Hall–Kier alpha value is -2.58. The summed E-state index contributed by atoms with van der Waals surface area (Å²) in [6.07, 6.45) is 0. The van der Waals surface area contributed by atoms with E-state index in [1.54, 1.807) is 18.2 Å². The highest BCUT2D eigenvalue weighted by atomic mass is 32.1. The first-order valence-electron chi connectivity index (χ1n) is 6.32. The summed E-state index contributed by atoms with van der Waals surface area (Å²) in [4.78, 5) is 13.7. The molecule has 108 valence electrons. The van der Waals surface area contributed by atoms with Gasteiger partial charge >= 0.3 is 5.56 Å². The fourth-order valence-electron chi connectivity index (χ4n) is 2.04. The van der Waals surface area contributed by atoms with Gasteiger partial charge < -0.3 is 5.11 Å². The third-order valence-electron chi connectivity index (χ3n) is 3.04. The molecule has 4 rings (SSSR count). The van der Waals surface area contributed by atoms with Gasteiger partial charge in [-0.1, -0.05) is 29.5 Å². The van der Waals surface area contributed by atoms with Crippen LogP contribution in [0.5, 0.6) is 5.75 Å². The van der Waals surface area contributed by atoms with Crippen LogP contribution in [-0.4, -0.2) is 24.9 Å². The van der Waals surface area contributed by atoms with Gasteiger partial charge in [-0.3, -0.25) is 4.79 Å². The minimum atomic E-state index is -0.296. The number of benzene rings is 1. The molecule has 1 aromatic carbocycles. The molecule has 1 N–H and O–H groups in total. The minimum Gasteiger partial charge on any atom is -0.508 e. The molecule has 0 bridgehead atoms. The van der Waals surface area contributed by atoms with Crippen LogP contribution in [0.25, 0.3) is 26.1 Å². The predicted molar refractivity (Wildman–Crippen MR) is 85.3 cm³/mol. The van der Waals surface area contributed by atoms with Crippen molar-refractivity contribution in [3.8, 4) is 26.9 Å². The standard InChI is InChI=1S/C14H8N4O2S2/c19-9-4-1-3-8(7-9)12-17-18-13(20)11(10-5-2-6-21-10)15-16-14(18)22-12/h1-7,19H.